The van der Waals surface area contributed by atoms with Crippen molar-refractivity contribution in [2.75, 3.05) is 13.7 Å². The standard InChI is InChI=1S/C18H22FNO7/c1-18(2,3)27-16(23)11-26-20(10-12-5-7-13(19)8-6-12)15(22)9-14(21)17(24)25-4/h5-8H,9-11H2,1-4H3. The Morgan fingerprint density at radius 2 is 1.67 bits per heavy atom. The van der Waals surface area contributed by atoms with E-state index in [2.05, 4.69) is 4.74 Å². The number of ether oxygens (including phenoxy) is 2. The van der Waals surface area contributed by atoms with E-state index in [1.54, 1.807) is 20.8 Å². The monoisotopic (exact) mass is 383 g/mol. The van der Waals surface area contributed by atoms with Crippen molar-refractivity contribution in [1.29, 1.82) is 0 Å². The summed E-state index contributed by atoms with van der Waals surface area (Å²) in [5.74, 6) is -4.28. The molecule has 0 saturated heterocycles. The summed E-state index contributed by atoms with van der Waals surface area (Å²) < 4.78 is 22.4. The van der Waals surface area contributed by atoms with Crippen molar-refractivity contribution < 1.29 is 37.9 Å². The normalized spacial score (nSPS) is 10.9. The fourth-order valence-electron chi connectivity index (χ4n) is 1.87. The number of carbonyl (C=O) groups is 4. The highest BCUT2D eigenvalue weighted by Crippen LogP contribution is 2.11. The molecule has 9 heteroatoms. The maximum absolute atomic E-state index is 13.0. The lowest BCUT2D eigenvalue weighted by atomic mass is 10.2. The van der Waals surface area contributed by atoms with E-state index in [0.29, 0.717) is 5.56 Å². The van der Waals surface area contributed by atoms with Gasteiger partial charge < -0.3 is 9.47 Å². The lowest BCUT2D eigenvalue weighted by Gasteiger charge is -2.23. The van der Waals surface area contributed by atoms with Gasteiger partial charge in [-0.05, 0) is 38.5 Å². The summed E-state index contributed by atoms with van der Waals surface area (Å²) in [5, 5.41) is 0.748. The first-order valence-corrected chi connectivity index (χ1v) is 8.02. The van der Waals surface area contributed by atoms with Crippen molar-refractivity contribution >= 4 is 23.6 Å². The minimum absolute atomic E-state index is 0.170. The summed E-state index contributed by atoms with van der Waals surface area (Å²) in [4.78, 5) is 52.0. The van der Waals surface area contributed by atoms with Crippen LogP contribution in [0.2, 0.25) is 0 Å². The van der Waals surface area contributed by atoms with Crippen molar-refractivity contribution in [1.82, 2.24) is 5.06 Å². The molecule has 27 heavy (non-hydrogen) atoms. The van der Waals surface area contributed by atoms with Gasteiger partial charge in [0.15, 0.2) is 6.61 Å². The van der Waals surface area contributed by atoms with Crippen molar-refractivity contribution in [2.45, 2.75) is 39.3 Å². The second-order valence-electron chi connectivity index (χ2n) is 6.51. The minimum Gasteiger partial charge on any atom is -0.463 e. The highest BCUT2D eigenvalue weighted by molar-refractivity contribution is 6.36. The lowest BCUT2D eigenvalue weighted by Crippen LogP contribution is -2.36. The van der Waals surface area contributed by atoms with Crippen LogP contribution in [0.1, 0.15) is 32.8 Å². The number of hydrogen-bond acceptors (Lipinski definition) is 7. The number of halogens is 1. The molecule has 8 nitrogen and oxygen atoms in total. The Balaban J connectivity index is 2.83. The topological polar surface area (TPSA) is 99.2 Å². The van der Waals surface area contributed by atoms with Crippen LogP contribution in [0.4, 0.5) is 4.39 Å². The van der Waals surface area contributed by atoms with Crippen molar-refractivity contribution in [3.05, 3.63) is 35.6 Å². The number of ketones is 1. The van der Waals surface area contributed by atoms with E-state index < -0.39 is 48.1 Å². The van der Waals surface area contributed by atoms with Gasteiger partial charge in [-0.2, -0.15) is 0 Å². The maximum Gasteiger partial charge on any atom is 0.374 e. The average molecular weight is 383 g/mol. The Kier molecular flexibility index (Phi) is 8.04. The zero-order chi connectivity index (χ0) is 20.6. The number of nitrogens with zero attached hydrogens (tertiary/aromatic N) is 1. The van der Waals surface area contributed by atoms with Crippen molar-refractivity contribution in [3.8, 4) is 0 Å². The molecule has 148 valence electrons. The molecule has 0 aliphatic rings. The van der Waals surface area contributed by atoms with Gasteiger partial charge in [0.1, 0.15) is 11.4 Å². The second kappa shape index (κ2) is 9.77. The Morgan fingerprint density at radius 1 is 1.07 bits per heavy atom. The van der Waals surface area contributed by atoms with Crippen LogP contribution in [0.3, 0.4) is 0 Å². The van der Waals surface area contributed by atoms with Gasteiger partial charge in [0.2, 0.25) is 5.78 Å². The van der Waals surface area contributed by atoms with Gasteiger partial charge in [-0.1, -0.05) is 12.1 Å². The zero-order valence-electron chi connectivity index (χ0n) is 15.6. The van der Waals surface area contributed by atoms with Gasteiger partial charge >= 0.3 is 11.9 Å². The van der Waals surface area contributed by atoms with E-state index in [0.717, 1.165) is 12.2 Å². The summed E-state index contributed by atoms with van der Waals surface area (Å²) >= 11 is 0. The summed E-state index contributed by atoms with van der Waals surface area (Å²) in [6, 6.07) is 5.19. The van der Waals surface area contributed by atoms with Crippen LogP contribution in [0, 0.1) is 5.82 Å². The number of benzene rings is 1. The smallest absolute Gasteiger partial charge is 0.374 e. The van der Waals surface area contributed by atoms with Gasteiger partial charge in [-0.15, -0.1) is 0 Å². The fourth-order valence-corrected chi connectivity index (χ4v) is 1.87. The van der Waals surface area contributed by atoms with Gasteiger partial charge in [-0.25, -0.2) is 19.0 Å². The molecule has 0 heterocycles. The molecule has 0 atom stereocenters. The maximum atomic E-state index is 13.0. The quantitative estimate of drug-likeness (QED) is 0.291. The molecule has 0 aliphatic carbocycles. The predicted molar refractivity (Wildman–Crippen MR) is 90.4 cm³/mol. The van der Waals surface area contributed by atoms with Crippen LogP contribution >= 0.6 is 0 Å². The molecule has 0 saturated carbocycles. The predicted octanol–water partition coefficient (Wildman–Crippen LogP) is 1.56. The van der Waals surface area contributed by atoms with E-state index in [-0.39, 0.29) is 6.54 Å². The number of hydroxylamine groups is 2. The Morgan fingerprint density at radius 3 is 2.19 bits per heavy atom. The van der Waals surface area contributed by atoms with Crippen LogP contribution < -0.4 is 0 Å². The zero-order valence-corrected chi connectivity index (χ0v) is 15.6. The van der Waals surface area contributed by atoms with Crippen LogP contribution in [0.5, 0.6) is 0 Å². The Bertz CT molecular complexity index is 695. The summed E-state index contributed by atoms with van der Waals surface area (Å²) in [7, 11) is 1.01. The first kappa shape index (κ1) is 22.2. The molecule has 0 radical (unpaired) electrons. The van der Waals surface area contributed by atoms with E-state index in [4.69, 9.17) is 9.57 Å². The molecule has 0 bridgehead atoms. The van der Waals surface area contributed by atoms with Crippen molar-refractivity contribution in [3.63, 3.8) is 0 Å². The molecular weight excluding hydrogens is 361 g/mol. The lowest BCUT2D eigenvalue weighted by molar-refractivity contribution is -0.202. The number of Topliss-reactive ketones (excluding diaryl/α,β-unsaturated/α-hetero) is 1. The molecule has 1 aromatic carbocycles. The SMILES string of the molecule is COC(=O)C(=O)CC(=O)N(Cc1ccc(F)cc1)OCC(=O)OC(C)(C)C. The third kappa shape index (κ3) is 8.41. The Hall–Kier alpha value is -2.81. The van der Waals surface area contributed by atoms with Gasteiger partial charge in [0, 0.05) is 0 Å². The van der Waals surface area contributed by atoms with Crippen LogP contribution in [0.25, 0.3) is 0 Å². The number of rotatable bonds is 8. The van der Waals surface area contributed by atoms with Gasteiger partial charge in [0.25, 0.3) is 5.91 Å². The number of esters is 2. The molecule has 1 aromatic rings. The third-order valence-electron chi connectivity index (χ3n) is 3.00. The van der Waals surface area contributed by atoms with E-state index in [1.165, 1.54) is 24.3 Å². The molecule has 1 rings (SSSR count). The van der Waals surface area contributed by atoms with Crippen LogP contribution in [0.15, 0.2) is 24.3 Å². The highest BCUT2D eigenvalue weighted by atomic mass is 19.1. The molecule has 0 aromatic heterocycles. The third-order valence-corrected chi connectivity index (χ3v) is 3.00. The molecule has 0 spiro atoms. The molecule has 1 amide bonds. The van der Waals surface area contributed by atoms with E-state index in [1.807, 2.05) is 0 Å². The fraction of sp³-hybridized carbons (Fsp3) is 0.444. The first-order valence-electron chi connectivity index (χ1n) is 8.02. The molecule has 0 fully saturated rings. The number of amides is 1. The average Bonchev–Trinajstić information content (AvgIpc) is 2.57. The number of carbonyl (C=O) groups excluding carboxylic acids is 4. The Labute approximate surface area is 156 Å². The summed E-state index contributed by atoms with van der Waals surface area (Å²) in [6.07, 6.45) is -0.803. The molecular formula is C18H22FNO7. The number of hydrogen-bond donors (Lipinski definition) is 0. The molecule has 0 unspecified atom stereocenters. The van der Waals surface area contributed by atoms with E-state index in [9.17, 15) is 23.6 Å². The van der Waals surface area contributed by atoms with Crippen LogP contribution in [-0.4, -0.2) is 48.0 Å². The largest absolute Gasteiger partial charge is 0.463 e. The second-order valence-corrected chi connectivity index (χ2v) is 6.51. The highest BCUT2D eigenvalue weighted by Gasteiger charge is 2.25. The van der Waals surface area contributed by atoms with Gasteiger partial charge in [-0.3, -0.25) is 14.4 Å². The van der Waals surface area contributed by atoms with Gasteiger partial charge in [0.05, 0.1) is 20.1 Å². The van der Waals surface area contributed by atoms with Crippen LogP contribution in [-0.2, 0) is 40.0 Å². The molecule has 0 aliphatic heterocycles. The number of methoxy groups -OCH3 is 1. The van der Waals surface area contributed by atoms with E-state index >= 15 is 0 Å². The summed E-state index contributed by atoms with van der Waals surface area (Å²) in [6.45, 7) is 4.25. The molecule has 0 N–H and O–H groups in total. The first-order chi connectivity index (χ1) is 12.5. The minimum atomic E-state index is -1.17. The van der Waals surface area contributed by atoms with Crippen molar-refractivity contribution in [2.24, 2.45) is 0 Å². The summed E-state index contributed by atoms with van der Waals surface area (Å²) in [5.41, 5.74) is -0.257.